The second kappa shape index (κ2) is 7.27. The van der Waals surface area contributed by atoms with Gasteiger partial charge in [0.1, 0.15) is 24.0 Å². The zero-order valence-corrected chi connectivity index (χ0v) is 12.0. The molecule has 8 nitrogen and oxygen atoms in total. The average Bonchev–Trinajstić information content (AvgIpc) is 3.12. The minimum atomic E-state index is -4.69. The Kier molecular flexibility index (Phi) is 6.13. The van der Waals surface area contributed by atoms with Gasteiger partial charge >= 0.3 is 6.18 Å². The lowest BCUT2D eigenvalue weighted by atomic mass is 10.1. The van der Waals surface area contributed by atoms with Crippen LogP contribution in [0.5, 0.6) is 0 Å². The molecular weight excluding hydrogens is 347 g/mol. The van der Waals surface area contributed by atoms with Crippen LogP contribution in [-0.2, 0) is 6.18 Å². The first kappa shape index (κ1) is 19.4. The number of aliphatic hydroxyl groups is 4. The number of hydrogen-bond donors (Lipinski definition) is 5. The summed E-state index contributed by atoms with van der Waals surface area (Å²) in [6, 6.07) is 0.619. The van der Waals surface area contributed by atoms with Crippen molar-refractivity contribution in [2.45, 2.75) is 24.5 Å². The number of nitrogens with zero attached hydrogens (tertiary/aromatic N) is 2. The summed E-state index contributed by atoms with van der Waals surface area (Å²) in [5, 5.41) is 40.4. The molecule has 3 atom stereocenters. The summed E-state index contributed by atoms with van der Waals surface area (Å²) in [5.41, 5.74) is -0.325. The summed E-state index contributed by atoms with van der Waals surface area (Å²) >= 11 is 0. The Morgan fingerprint density at radius 3 is 2.43 bits per heavy atom. The SMILES string of the molecule is Cl.OC[C@@H](O)[C@@H](O)[C@H](O)c1cnc(-c2cc(C(F)(F)F)on2)[nH]1. The Morgan fingerprint density at radius 1 is 1.26 bits per heavy atom. The molecule has 0 aliphatic rings. The minimum Gasteiger partial charge on any atom is -0.394 e. The predicted molar refractivity (Wildman–Crippen MR) is 70.4 cm³/mol. The highest BCUT2D eigenvalue weighted by Crippen LogP contribution is 2.31. The molecule has 0 aromatic carbocycles. The number of aliphatic hydroxyl groups excluding tert-OH is 4. The molecule has 0 aliphatic heterocycles. The number of H-pyrrole nitrogens is 1. The van der Waals surface area contributed by atoms with Crippen molar-refractivity contribution in [1.29, 1.82) is 0 Å². The fraction of sp³-hybridized carbons (Fsp3) is 0.455. The summed E-state index contributed by atoms with van der Waals surface area (Å²) in [7, 11) is 0. The van der Waals surface area contributed by atoms with E-state index in [4.69, 9.17) is 5.11 Å². The van der Waals surface area contributed by atoms with Gasteiger partial charge in [-0.25, -0.2) is 4.98 Å². The average molecular weight is 360 g/mol. The molecule has 5 N–H and O–H groups in total. The quantitative estimate of drug-likeness (QED) is 0.516. The van der Waals surface area contributed by atoms with Gasteiger partial charge in [-0.05, 0) is 0 Å². The third-order valence-electron chi connectivity index (χ3n) is 2.85. The van der Waals surface area contributed by atoms with E-state index < -0.39 is 36.9 Å². The van der Waals surface area contributed by atoms with Crippen LogP contribution in [0, 0.1) is 0 Å². The third-order valence-corrected chi connectivity index (χ3v) is 2.85. The molecule has 0 saturated carbocycles. The molecule has 0 aliphatic carbocycles. The van der Waals surface area contributed by atoms with E-state index >= 15 is 0 Å². The topological polar surface area (TPSA) is 136 Å². The number of alkyl halides is 3. The van der Waals surface area contributed by atoms with Crippen molar-refractivity contribution in [3.8, 4) is 11.5 Å². The highest BCUT2D eigenvalue weighted by atomic mass is 35.5. The number of nitrogens with one attached hydrogen (secondary N) is 1. The number of aromatic amines is 1. The fourth-order valence-electron chi connectivity index (χ4n) is 1.64. The molecule has 130 valence electrons. The maximum Gasteiger partial charge on any atom is 0.452 e. The van der Waals surface area contributed by atoms with Gasteiger partial charge in [-0.1, -0.05) is 5.16 Å². The lowest BCUT2D eigenvalue weighted by molar-refractivity contribution is -0.155. The second-order valence-electron chi connectivity index (χ2n) is 4.45. The number of imidazole rings is 1. The molecule has 12 heteroatoms. The van der Waals surface area contributed by atoms with Crippen LogP contribution < -0.4 is 0 Å². The standard InChI is InChI=1S/C11H12F3N3O5.ClH/c12-11(13,14)7-1-4(17-22-7)10-15-2-5(16-10)8(20)9(21)6(19)3-18;/h1-2,6,8-9,18-21H,3H2,(H,15,16);1H/t6-,8-,9-;/m1./s1. The molecule has 0 bridgehead atoms. The van der Waals surface area contributed by atoms with E-state index in [1.54, 1.807) is 0 Å². The molecule has 2 rings (SSSR count). The van der Waals surface area contributed by atoms with Gasteiger partial charge in [-0.3, -0.25) is 0 Å². The van der Waals surface area contributed by atoms with Crippen LogP contribution in [0.2, 0.25) is 0 Å². The highest BCUT2D eigenvalue weighted by molar-refractivity contribution is 5.85. The summed E-state index contributed by atoms with van der Waals surface area (Å²) in [6.45, 7) is -0.780. The maximum absolute atomic E-state index is 12.4. The van der Waals surface area contributed by atoms with Crippen LogP contribution in [-0.4, -0.2) is 54.4 Å². The normalized spacial score (nSPS) is 15.8. The molecule has 0 spiro atoms. The fourth-order valence-corrected chi connectivity index (χ4v) is 1.64. The molecule has 0 saturated heterocycles. The van der Waals surface area contributed by atoms with E-state index in [1.807, 2.05) is 0 Å². The lowest BCUT2D eigenvalue weighted by Gasteiger charge is -2.20. The number of rotatable bonds is 5. The number of hydrogen-bond acceptors (Lipinski definition) is 7. The van der Waals surface area contributed by atoms with Crippen molar-refractivity contribution in [2.75, 3.05) is 6.61 Å². The molecule has 2 heterocycles. The Labute approximate surface area is 133 Å². The van der Waals surface area contributed by atoms with Crippen LogP contribution in [0.3, 0.4) is 0 Å². The number of aromatic nitrogens is 3. The van der Waals surface area contributed by atoms with Gasteiger partial charge in [-0.15, -0.1) is 12.4 Å². The smallest absolute Gasteiger partial charge is 0.394 e. The van der Waals surface area contributed by atoms with Gasteiger partial charge < -0.3 is 29.9 Å². The molecule has 2 aromatic rings. The van der Waals surface area contributed by atoms with E-state index in [-0.39, 0.29) is 29.6 Å². The van der Waals surface area contributed by atoms with Crippen LogP contribution in [0.15, 0.2) is 16.8 Å². The van der Waals surface area contributed by atoms with Crippen molar-refractivity contribution in [3.63, 3.8) is 0 Å². The first-order valence-electron chi connectivity index (χ1n) is 5.98. The van der Waals surface area contributed by atoms with Crippen molar-refractivity contribution in [3.05, 3.63) is 23.7 Å². The van der Waals surface area contributed by atoms with Crippen LogP contribution >= 0.6 is 12.4 Å². The van der Waals surface area contributed by atoms with E-state index in [0.717, 1.165) is 6.20 Å². The zero-order chi connectivity index (χ0) is 16.5. The number of halogens is 4. The van der Waals surface area contributed by atoms with E-state index in [0.29, 0.717) is 6.07 Å². The summed E-state index contributed by atoms with van der Waals surface area (Å²) in [5.74, 6) is -1.43. The first-order chi connectivity index (χ1) is 10.2. The van der Waals surface area contributed by atoms with Gasteiger partial charge in [0.25, 0.3) is 0 Å². The van der Waals surface area contributed by atoms with Gasteiger partial charge in [0, 0.05) is 6.07 Å². The Bertz CT molecular complexity index is 632. The van der Waals surface area contributed by atoms with E-state index in [9.17, 15) is 28.5 Å². The van der Waals surface area contributed by atoms with Crippen LogP contribution in [0.1, 0.15) is 17.6 Å². The monoisotopic (exact) mass is 359 g/mol. The van der Waals surface area contributed by atoms with Crippen LogP contribution in [0.4, 0.5) is 13.2 Å². The van der Waals surface area contributed by atoms with Gasteiger partial charge in [0.05, 0.1) is 18.5 Å². The molecule has 0 amide bonds. The van der Waals surface area contributed by atoms with Gasteiger partial charge in [0.2, 0.25) is 5.76 Å². The van der Waals surface area contributed by atoms with Gasteiger partial charge in [0.15, 0.2) is 5.82 Å². The molecule has 23 heavy (non-hydrogen) atoms. The predicted octanol–water partition coefficient (Wildman–Crippen LogP) is 0.253. The minimum absolute atomic E-state index is 0. The molecule has 2 aromatic heterocycles. The van der Waals surface area contributed by atoms with E-state index in [2.05, 4.69) is 19.6 Å². The van der Waals surface area contributed by atoms with Crippen molar-refractivity contribution in [2.24, 2.45) is 0 Å². The molecule has 0 fully saturated rings. The third kappa shape index (κ3) is 4.20. The molecule has 0 radical (unpaired) electrons. The largest absolute Gasteiger partial charge is 0.452 e. The summed E-state index contributed by atoms with van der Waals surface area (Å²) < 4.78 is 41.3. The summed E-state index contributed by atoms with van der Waals surface area (Å²) in [6.07, 6.45) is -8.57. The zero-order valence-electron chi connectivity index (χ0n) is 11.2. The highest BCUT2D eigenvalue weighted by Gasteiger charge is 2.36. The second-order valence-corrected chi connectivity index (χ2v) is 4.45. The van der Waals surface area contributed by atoms with Crippen LogP contribution in [0.25, 0.3) is 11.5 Å². The first-order valence-corrected chi connectivity index (χ1v) is 5.98. The lowest BCUT2D eigenvalue weighted by Crippen LogP contribution is -2.34. The summed E-state index contributed by atoms with van der Waals surface area (Å²) in [4.78, 5) is 6.16. The van der Waals surface area contributed by atoms with Crippen molar-refractivity contribution >= 4 is 12.4 Å². The van der Waals surface area contributed by atoms with Crippen molar-refractivity contribution < 1.29 is 38.1 Å². The Balaban J connectivity index is 0.00000264. The Hall–Kier alpha value is -1.66. The molecular formula is C11H13ClF3N3O5. The molecule has 0 unspecified atom stereocenters. The van der Waals surface area contributed by atoms with Gasteiger partial charge in [-0.2, -0.15) is 13.2 Å². The maximum atomic E-state index is 12.4. The Morgan fingerprint density at radius 2 is 1.91 bits per heavy atom. The van der Waals surface area contributed by atoms with Crippen molar-refractivity contribution in [1.82, 2.24) is 15.1 Å². The van der Waals surface area contributed by atoms with E-state index in [1.165, 1.54) is 0 Å².